The standard InChI is InChI=1S/C15H24FN5S/c1-20(2)15-17-5-3-14(19-15)21-9-11(16)7-13(21)8-18-12-4-6-22-10-12/h3,5,11-13,18H,4,6-10H2,1-2H3/t11-,12?,13-/m0/s1. The molecule has 1 aromatic rings. The second-order valence-corrected chi connectivity index (χ2v) is 7.37. The smallest absolute Gasteiger partial charge is 0.226 e. The molecule has 0 saturated carbocycles. The van der Waals surface area contributed by atoms with Gasteiger partial charge in [0.25, 0.3) is 0 Å². The second-order valence-electron chi connectivity index (χ2n) is 6.22. The Morgan fingerprint density at radius 2 is 2.36 bits per heavy atom. The quantitative estimate of drug-likeness (QED) is 0.886. The highest BCUT2D eigenvalue weighted by Gasteiger charge is 2.33. The lowest BCUT2D eigenvalue weighted by Crippen LogP contribution is -2.42. The first kappa shape index (κ1) is 15.8. The lowest BCUT2D eigenvalue weighted by atomic mass is 10.2. The van der Waals surface area contributed by atoms with Gasteiger partial charge in [0.1, 0.15) is 12.0 Å². The van der Waals surface area contributed by atoms with Crippen LogP contribution in [0.3, 0.4) is 0 Å². The molecule has 1 N–H and O–H groups in total. The molecule has 2 aliphatic heterocycles. The number of rotatable bonds is 5. The first-order chi connectivity index (χ1) is 10.6. The van der Waals surface area contributed by atoms with Crippen LogP contribution in [0.5, 0.6) is 0 Å². The molecular formula is C15H24FN5S. The maximum atomic E-state index is 13.9. The second kappa shape index (κ2) is 7.00. The molecule has 0 spiro atoms. The van der Waals surface area contributed by atoms with Crippen LogP contribution in [0.4, 0.5) is 16.2 Å². The minimum Gasteiger partial charge on any atom is -0.349 e. The lowest BCUT2D eigenvalue weighted by Gasteiger charge is -2.27. The van der Waals surface area contributed by atoms with Gasteiger partial charge in [-0.25, -0.2) is 9.37 Å². The summed E-state index contributed by atoms with van der Waals surface area (Å²) in [6.07, 6.45) is 2.77. The van der Waals surface area contributed by atoms with Crippen LogP contribution in [0.2, 0.25) is 0 Å². The summed E-state index contributed by atoms with van der Waals surface area (Å²) in [4.78, 5) is 12.8. The van der Waals surface area contributed by atoms with E-state index in [0.29, 0.717) is 25.0 Å². The third-order valence-electron chi connectivity index (χ3n) is 4.26. The summed E-state index contributed by atoms with van der Waals surface area (Å²) in [5.74, 6) is 3.89. The Bertz CT molecular complexity index is 495. The van der Waals surface area contributed by atoms with E-state index >= 15 is 0 Å². The van der Waals surface area contributed by atoms with Gasteiger partial charge in [0, 0.05) is 51.1 Å². The van der Waals surface area contributed by atoms with Crippen molar-refractivity contribution in [1.29, 1.82) is 0 Å². The molecule has 1 unspecified atom stereocenters. The van der Waals surface area contributed by atoms with Crippen LogP contribution in [0.25, 0.3) is 0 Å². The maximum absolute atomic E-state index is 13.9. The predicted molar refractivity (Wildman–Crippen MR) is 90.7 cm³/mol. The molecule has 2 fully saturated rings. The van der Waals surface area contributed by atoms with E-state index in [1.165, 1.54) is 17.9 Å². The monoisotopic (exact) mass is 325 g/mol. The molecule has 3 atom stereocenters. The number of anilines is 2. The van der Waals surface area contributed by atoms with Crippen molar-refractivity contribution in [3.05, 3.63) is 12.3 Å². The summed E-state index contributed by atoms with van der Waals surface area (Å²) >= 11 is 1.99. The summed E-state index contributed by atoms with van der Waals surface area (Å²) < 4.78 is 13.9. The van der Waals surface area contributed by atoms with Crippen LogP contribution in [-0.4, -0.2) is 66.9 Å². The summed E-state index contributed by atoms with van der Waals surface area (Å²) in [5.41, 5.74) is 0. The van der Waals surface area contributed by atoms with Gasteiger partial charge in [-0.05, 0) is 18.2 Å². The van der Waals surface area contributed by atoms with E-state index in [-0.39, 0.29) is 6.04 Å². The molecule has 0 bridgehead atoms. The fourth-order valence-corrected chi connectivity index (χ4v) is 4.23. The first-order valence-corrected chi connectivity index (χ1v) is 9.01. The summed E-state index contributed by atoms with van der Waals surface area (Å²) in [7, 11) is 3.83. The van der Waals surface area contributed by atoms with E-state index in [1.807, 2.05) is 36.8 Å². The first-order valence-electron chi connectivity index (χ1n) is 7.85. The van der Waals surface area contributed by atoms with E-state index in [9.17, 15) is 4.39 Å². The SMILES string of the molecule is CN(C)c1nccc(N2C[C@@H](F)C[C@H]2CNC2CCSC2)n1. The average Bonchev–Trinajstić information content (AvgIpc) is 3.14. The van der Waals surface area contributed by atoms with Gasteiger partial charge < -0.3 is 15.1 Å². The Morgan fingerprint density at radius 3 is 3.09 bits per heavy atom. The molecule has 0 aliphatic carbocycles. The lowest BCUT2D eigenvalue weighted by molar-refractivity contribution is 0.353. The summed E-state index contributed by atoms with van der Waals surface area (Å²) in [5, 5.41) is 3.60. The fourth-order valence-electron chi connectivity index (χ4n) is 3.05. The van der Waals surface area contributed by atoms with Crippen molar-refractivity contribution in [2.75, 3.05) is 48.5 Å². The van der Waals surface area contributed by atoms with Crippen LogP contribution in [0.1, 0.15) is 12.8 Å². The van der Waals surface area contributed by atoms with Crippen molar-refractivity contribution in [3.63, 3.8) is 0 Å². The van der Waals surface area contributed by atoms with Crippen LogP contribution in [0.15, 0.2) is 12.3 Å². The van der Waals surface area contributed by atoms with Gasteiger partial charge in [0.2, 0.25) is 5.95 Å². The number of nitrogens with zero attached hydrogens (tertiary/aromatic N) is 4. The van der Waals surface area contributed by atoms with Crippen molar-refractivity contribution in [2.24, 2.45) is 0 Å². The van der Waals surface area contributed by atoms with Gasteiger partial charge in [-0.1, -0.05) is 0 Å². The van der Waals surface area contributed by atoms with Gasteiger partial charge in [-0.15, -0.1) is 0 Å². The minimum absolute atomic E-state index is 0.172. The van der Waals surface area contributed by atoms with Gasteiger partial charge in [-0.2, -0.15) is 16.7 Å². The third-order valence-corrected chi connectivity index (χ3v) is 5.42. The van der Waals surface area contributed by atoms with Crippen molar-refractivity contribution < 1.29 is 4.39 Å². The third kappa shape index (κ3) is 3.63. The number of alkyl halides is 1. The Hall–Kier alpha value is -1.08. The number of nitrogens with one attached hydrogen (secondary N) is 1. The van der Waals surface area contributed by atoms with Crippen LogP contribution in [-0.2, 0) is 0 Å². The number of aromatic nitrogens is 2. The zero-order valence-electron chi connectivity index (χ0n) is 13.2. The molecule has 0 radical (unpaired) electrons. The Morgan fingerprint density at radius 1 is 1.50 bits per heavy atom. The molecule has 2 saturated heterocycles. The largest absolute Gasteiger partial charge is 0.349 e. The Balaban J connectivity index is 1.68. The van der Waals surface area contributed by atoms with Crippen LogP contribution < -0.4 is 15.1 Å². The number of halogens is 1. The van der Waals surface area contributed by atoms with Gasteiger partial charge in [0.15, 0.2) is 0 Å². The number of hydrogen-bond donors (Lipinski definition) is 1. The summed E-state index contributed by atoms with van der Waals surface area (Å²) in [6.45, 7) is 1.25. The van der Waals surface area contributed by atoms with Crippen molar-refractivity contribution in [3.8, 4) is 0 Å². The molecular weight excluding hydrogens is 301 g/mol. The predicted octanol–water partition coefficient (Wildman–Crippen LogP) is 1.55. The molecule has 2 aliphatic rings. The van der Waals surface area contributed by atoms with E-state index in [1.54, 1.807) is 6.20 Å². The average molecular weight is 325 g/mol. The van der Waals surface area contributed by atoms with Gasteiger partial charge in [-0.3, -0.25) is 0 Å². The summed E-state index contributed by atoms with van der Waals surface area (Å²) in [6, 6.07) is 2.63. The molecule has 5 nitrogen and oxygen atoms in total. The Kier molecular flexibility index (Phi) is 5.03. The van der Waals surface area contributed by atoms with E-state index in [2.05, 4.69) is 20.2 Å². The molecule has 1 aromatic heterocycles. The van der Waals surface area contributed by atoms with Crippen LogP contribution >= 0.6 is 11.8 Å². The molecule has 0 amide bonds. The van der Waals surface area contributed by atoms with E-state index in [0.717, 1.165) is 12.4 Å². The number of thioether (sulfide) groups is 1. The van der Waals surface area contributed by atoms with E-state index < -0.39 is 6.17 Å². The molecule has 122 valence electrons. The maximum Gasteiger partial charge on any atom is 0.226 e. The molecule has 0 aromatic carbocycles. The van der Waals surface area contributed by atoms with Gasteiger partial charge >= 0.3 is 0 Å². The molecule has 3 rings (SSSR count). The molecule has 7 heteroatoms. The molecule has 3 heterocycles. The Labute approximate surface area is 135 Å². The highest BCUT2D eigenvalue weighted by Crippen LogP contribution is 2.27. The van der Waals surface area contributed by atoms with Crippen molar-refractivity contribution in [2.45, 2.75) is 31.1 Å². The molecule has 22 heavy (non-hydrogen) atoms. The highest BCUT2D eigenvalue weighted by molar-refractivity contribution is 7.99. The van der Waals surface area contributed by atoms with Crippen LogP contribution in [0, 0.1) is 0 Å². The van der Waals surface area contributed by atoms with E-state index in [4.69, 9.17) is 0 Å². The number of hydrogen-bond acceptors (Lipinski definition) is 6. The van der Waals surface area contributed by atoms with Gasteiger partial charge in [0.05, 0.1) is 6.54 Å². The highest BCUT2D eigenvalue weighted by atomic mass is 32.2. The zero-order valence-corrected chi connectivity index (χ0v) is 14.0. The van der Waals surface area contributed by atoms with Crippen molar-refractivity contribution >= 4 is 23.5 Å². The topological polar surface area (TPSA) is 44.3 Å². The normalized spacial score (nSPS) is 28.3. The van der Waals surface area contributed by atoms with Crippen molar-refractivity contribution in [1.82, 2.24) is 15.3 Å². The minimum atomic E-state index is -0.775. The fraction of sp³-hybridized carbons (Fsp3) is 0.733. The zero-order chi connectivity index (χ0) is 15.5.